The Hall–Kier alpha value is -3.97. The first-order valence-electron chi connectivity index (χ1n) is 13.1. The van der Waals surface area contributed by atoms with Crippen LogP contribution in [0.2, 0.25) is 0 Å². The average Bonchev–Trinajstić information content (AvgIpc) is 3.59. The monoisotopic (exact) mass is 575 g/mol. The number of benzene rings is 1. The van der Waals surface area contributed by atoms with Crippen LogP contribution in [0.25, 0.3) is 32.8 Å². The number of aromatic nitrogens is 6. The Kier molecular flexibility index (Phi) is 5.82. The number of aryl methyl sites for hydroxylation is 1. The van der Waals surface area contributed by atoms with Gasteiger partial charge in [-0.15, -0.1) is 11.3 Å². The van der Waals surface area contributed by atoms with Crippen LogP contribution in [0, 0.1) is 24.7 Å². The molecular weight excluding hydrogens is 550 g/mol. The molecule has 3 aliphatic carbocycles. The average molecular weight is 576 g/mol. The highest BCUT2D eigenvalue weighted by atomic mass is 32.2. The highest BCUT2D eigenvalue weighted by Gasteiger charge is 2.47. The van der Waals surface area contributed by atoms with Crippen molar-refractivity contribution in [1.82, 2.24) is 28.9 Å². The zero-order valence-corrected chi connectivity index (χ0v) is 23.1. The summed E-state index contributed by atoms with van der Waals surface area (Å²) in [7, 11) is -3.98. The number of hydrogen-bond acceptors (Lipinski definition) is 10. The highest BCUT2D eigenvalue weighted by molar-refractivity contribution is 7.90. The zero-order chi connectivity index (χ0) is 27.6. The smallest absolute Gasteiger partial charge is 0.308 e. The summed E-state index contributed by atoms with van der Waals surface area (Å²) in [6.45, 7) is 1.89. The van der Waals surface area contributed by atoms with E-state index in [1.807, 2.05) is 6.92 Å². The van der Waals surface area contributed by atoms with Gasteiger partial charge in [0.2, 0.25) is 0 Å². The summed E-state index contributed by atoms with van der Waals surface area (Å²) < 4.78 is 28.5. The maximum absolute atomic E-state index is 13.7. The number of carboxylic acids is 1. The molecule has 0 radical (unpaired) electrons. The lowest BCUT2D eigenvalue weighted by atomic mass is 9.61. The molecule has 3 saturated carbocycles. The second-order valence-electron chi connectivity index (χ2n) is 10.5. The molecule has 0 amide bonds. The van der Waals surface area contributed by atoms with E-state index in [0.717, 1.165) is 35.2 Å². The molecule has 2 N–H and O–H groups in total. The van der Waals surface area contributed by atoms with Crippen LogP contribution in [0.15, 0.2) is 53.4 Å². The number of nitrogens with one attached hydrogen (secondary N) is 1. The van der Waals surface area contributed by atoms with Crippen LogP contribution in [-0.4, -0.2) is 54.4 Å². The molecule has 204 valence electrons. The third kappa shape index (κ3) is 3.94. The lowest BCUT2D eigenvalue weighted by molar-refractivity contribution is -0.148. The predicted octanol–water partition coefficient (Wildman–Crippen LogP) is 4.34. The zero-order valence-electron chi connectivity index (χ0n) is 21.4. The van der Waals surface area contributed by atoms with Crippen molar-refractivity contribution in [2.75, 3.05) is 5.32 Å². The van der Waals surface area contributed by atoms with Gasteiger partial charge in [0.25, 0.3) is 10.0 Å². The summed E-state index contributed by atoms with van der Waals surface area (Å²) in [5, 5.41) is 14.0. The van der Waals surface area contributed by atoms with E-state index >= 15 is 0 Å². The maximum Gasteiger partial charge on any atom is 0.308 e. The molecule has 3 fully saturated rings. The number of carbonyl (C=O) groups is 1. The molecule has 2 bridgehead atoms. The van der Waals surface area contributed by atoms with Gasteiger partial charge < -0.3 is 10.4 Å². The summed E-state index contributed by atoms with van der Waals surface area (Å²) >= 11 is 1.34. The van der Waals surface area contributed by atoms with E-state index in [-0.39, 0.29) is 34.2 Å². The number of carboxylic acid groups (broad SMARTS) is 1. The van der Waals surface area contributed by atoms with E-state index in [4.69, 9.17) is 9.97 Å². The number of hydrogen-bond donors (Lipinski definition) is 2. The third-order valence-electron chi connectivity index (χ3n) is 8.26. The van der Waals surface area contributed by atoms with Crippen molar-refractivity contribution in [3.63, 3.8) is 0 Å². The van der Waals surface area contributed by atoms with Crippen molar-refractivity contribution in [3.8, 4) is 11.4 Å². The first-order valence-corrected chi connectivity index (χ1v) is 15.4. The van der Waals surface area contributed by atoms with Crippen molar-refractivity contribution in [3.05, 3.63) is 54.1 Å². The van der Waals surface area contributed by atoms with Gasteiger partial charge in [-0.05, 0) is 56.6 Å². The molecule has 3 aliphatic rings. The van der Waals surface area contributed by atoms with Crippen LogP contribution in [0.5, 0.6) is 0 Å². The highest BCUT2D eigenvalue weighted by Crippen LogP contribution is 2.47. The van der Waals surface area contributed by atoms with E-state index in [2.05, 4.69) is 20.3 Å². The van der Waals surface area contributed by atoms with E-state index < -0.39 is 21.9 Å². The second-order valence-corrected chi connectivity index (χ2v) is 13.2. The SMILES string of the molecule is Cc1ccc(S(=O)(=O)n2cc(-c3nc(NC4C5CCC(CC5)C4C(=O)O)c4ncsc4n3)c3cncnc32)cc1. The van der Waals surface area contributed by atoms with E-state index in [1.54, 1.807) is 36.0 Å². The summed E-state index contributed by atoms with van der Waals surface area (Å²) in [6, 6.07) is 6.35. The predicted molar refractivity (Wildman–Crippen MR) is 149 cm³/mol. The Morgan fingerprint density at radius 3 is 2.58 bits per heavy atom. The maximum atomic E-state index is 13.7. The van der Waals surface area contributed by atoms with E-state index in [0.29, 0.717) is 27.1 Å². The van der Waals surface area contributed by atoms with Gasteiger partial charge in [0.1, 0.15) is 16.7 Å². The van der Waals surface area contributed by atoms with E-state index in [1.165, 1.54) is 23.9 Å². The molecule has 2 atom stereocenters. The van der Waals surface area contributed by atoms with Gasteiger partial charge in [-0.3, -0.25) is 4.79 Å². The van der Waals surface area contributed by atoms with Crippen molar-refractivity contribution in [1.29, 1.82) is 0 Å². The van der Waals surface area contributed by atoms with Gasteiger partial charge in [-0.2, -0.15) is 0 Å². The number of rotatable bonds is 6. The Morgan fingerprint density at radius 1 is 1.07 bits per heavy atom. The van der Waals surface area contributed by atoms with Gasteiger partial charge in [-0.1, -0.05) is 17.7 Å². The first kappa shape index (κ1) is 25.0. The molecule has 4 heterocycles. The first-order chi connectivity index (χ1) is 19.3. The van der Waals surface area contributed by atoms with Crippen molar-refractivity contribution in [2.45, 2.75) is 43.5 Å². The normalized spacial score (nSPS) is 22.6. The molecule has 8 rings (SSSR count). The fourth-order valence-electron chi connectivity index (χ4n) is 6.28. The molecule has 13 heteroatoms. The van der Waals surface area contributed by atoms with Crippen LogP contribution in [0.3, 0.4) is 0 Å². The largest absolute Gasteiger partial charge is 0.481 e. The molecule has 0 saturated heterocycles. The Morgan fingerprint density at radius 2 is 1.82 bits per heavy atom. The Bertz CT molecular complexity index is 1880. The fourth-order valence-corrected chi connectivity index (χ4v) is 8.26. The molecule has 11 nitrogen and oxygen atoms in total. The molecule has 0 spiro atoms. The minimum Gasteiger partial charge on any atom is -0.481 e. The number of thiazole rings is 1. The van der Waals surface area contributed by atoms with Crippen LogP contribution in [0.4, 0.5) is 5.82 Å². The van der Waals surface area contributed by atoms with Crippen LogP contribution in [0.1, 0.15) is 31.2 Å². The van der Waals surface area contributed by atoms with Gasteiger partial charge in [0.05, 0.1) is 16.3 Å². The number of aliphatic carboxylic acids is 1. The summed E-state index contributed by atoms with van der Waals surface area (Å²) in [5.41, 5.74) is 3.84. The number of nitrogens with zero attached hydrogens (tertiary/aromatic N) is 6. The minimum atomic E-state index is -3.98. The van der Waals surface area contributed by atoms with Gasteiger partial charge >= 0.3 is 5.97 Å². The number of fused-ring (bicyclic) bond motifs is 5. The van der Waals surface area contributed by atoms with Gasteiger partial charge in [-0.25, -0.2) is 37.3 Å². The van der Waals surface area contributed by atoms with Crippen molar-refractivity contribution < 1.29 is 18.3 Å². The van der Waals surface area contributed by atoms with Gasteiger partial charge in [0.15, 0.2) is 17.3 Å². The van der Waals surface area contributed by atoms with Gasteiger partial charge in [0, 0.05) is 29.4 Å². The van der Waals surface area contributed by atoms with Crippen LogP contribution >= 0.6 is 11.3 Å². The van der Waals surface area contributed by atoms with Crippen molar-refractivity contribution >= 4 is 54.5 Å². The Labute approximate surface area is 233 Å². The summed E-state index contributed by atoms with van der Waals surface area (Å²) in [5.74, 6) is -0.205. The summed E-state index contributed by atoms with van der Waals surface area (Å²) in [6.07, 6.45) is 8.14. The van der Waals surface area contributed by atoms with Crippen LogP contribution in [-0.2, 0) is 14.8 Å². The molecular formula is C27H25N7O4S2. The third-order valence-corrected chi connectivity index (χ3v) is 10.6. The molecule has 4 aromatic heterocycles. The standard InChI is InChI=1S/C27H25N7O4S2/c1-14-2-8-17(9-3-14)40(37,38)34-11-19(18-10-28-12-29-25(18)34)23-32-24(22-26(33-23)39-13-30-22)31-21-16-6-4-15(5-7-16)20(21)27(35)36/h2-3,8-13,15-16,20-21H,4-7H2,1H3,(H,35,36)(H,31,32,33). The molecule has 40 heavy (non-hydrogen) atoms. The van der Waals surface area contributed by atoms with Crippen LogP contribution < -0.4 is 5.32 Å². The molecule has 0 aliphatic heterocycles. The quantitative estimate of drug-likeness (QED) is 0.299. The fraction of sp³-hybridized carbons (Fsp3) is 0.333. The number of anilines is 1. The lowest BCUT2D eigenvalue weighted by Crippen LogP contribution is -2.51. The second kappa shape index (κ2) is 9.30. The summed E-state index contributed by atoms with van der Waals surface area (Å²) in [4.78, 5) is 35.4. The molecule has 1 aromatic carbocycles. The minimum absolute atomic E-state index is 0.133. The molecule has 2 unspecified atom stereocenters. The van der Waals surface area contributed by atoms with Crippen molar-refractivity contribution in [2.24, 2.45) is 17.8 Å². The lowest BCUT2D eigenvalue weighted by Gasteiger charge is -2.47. The Balaban J connectivity index is 1.36. The molecule has 5 aromatic rings. The topological polar surface area (TPSA) is 153 Å². The van der Waals surface area contributed by atoms with E-state index in [9.17, 15) is 18.3 Å².